The molecule has 2 aliphatic heterocycles. The molecule has 5 aliphatic rings. The van der Waals surface area contributed by atoms with Crippen molar-refractivity contribution in [1.29, 1.82) is 0 Å². The van der Waals surface area contributed by atoms with Gasteiger partial charge >= 0.3 is 86.8 Å². The second-order valence-electron chi connectivity index (χ2n) is 18.5. The Hall–Kier alpha value is -5.39. The van der Waals surface area contributed by atoms with Gasteiger partial charge in [-0.2, -0.15) is 33.2 Å². The number of aromatic nitrogens is 11. The number of hydrogen-bond acceptors (Lipinski definition) is 20. The molecule has 0 amide bonds. The van der Waals surface area contributed by atoms with E-state index < -0.39 is 35.6 Å². The van der Waals surface area contributed by atoms with E-state index >= 15 is 0 Å². The van der Waals surface area contributed by atoms with Crippen LogP contribution in [-0.4, -0.2) is 98.2 Å². The summed E-state index contributed by atoms with van der Waals surface area (Å²) >= 11 is 0. The summed E-state index contributed by atoms with van der Waals surface area (Å²) in [4.78, 5) is 52.8. The summed E-state index contributed by atoms with van der Waals surface area (Å²) in [6, 6.07) is 24.1. The van der Waals surface area contributed by atoms with Crippen molar-refractivity contribution < 1.29 is 110 Å². The molecule has 0 saturated carbocycles. The number of hydrogen-bond donors (Lipinski definition) is 4. The van der Waals surface area contributed by atoms with Crippen LogP contribution in [0, 0.1) is 6.07 Å². The molecule has 7 aromatic rings. The third-order valence-corrected chi connectivity index (χ3v) is 14.7. The van der Waals surface area contributed by atoms with Gasteiger partial charge in [-0.25, -0.2) is 31.5 Å². The molecular formula is C57H71CuN15Na2O8S3. The van der Waals surface area contributed by atoms with Crippen LogP contribution in [0.3, 0.4) is 0 Å². The first-order valence-electron chi connectivity index (χ1n) is 25.8. The molecule has 0 fully saturated rings. The molecule has 23 nitrogen and oxygen atoms in total. The molecule has 3 aromatic carbocycles. The monoisotopic (exact) mass is 1300 g/mol. The molecule has 3 aliphatic carbocycles. The van der Waals surface area contributed by atoms with E-state index in [0.717, 1.165) is 146 Å². The summed E-state index contributed by atoms with van der Waals surface area (Å²) in [5.41, 5.74) is 13.5. The molecule has 4 N–H and O–H groups in total. The van der Waals surface area contributed by atoms with Crippen LogP contribution in [0.4, 0.5) is 23.5 Å². The molecule has 8 bridgehead atoms. The van der Waals surface area contributed by atoms with Crippen LogP contribution in [0.15, 0.2) is 77.7 Å². The van der Waals surface area contributed by atoms with E-state index in [-0.39, 0.29) is 143 Å². The molecule has 0 saturated heterocycles. The van der Waals surface area contributed by atoms with Crippen molar-refractivity contribution in [2.45, 2.75) is 132 Å². The summed E-state index contributed by atoms with van der Waals surface area (Å²) in [6.07, 6.45) is 13.8. The minimum absolute atomic E-state index is 0. The fraction of sp³-hybridized carbons (Fsp3) is 0.386. The summed E-state index contributed by atoms with van der Waals surface area (Å²) in [6.45, 7) is 4.73. The van der Waals surface area contributed by atoms with Crippen LogP contribution in [0.2, 0.25) is 0 Å². The zero-order valence-electron chi connectivity index (χ0n) is 45.7. The van der Waals surface area contributed by atoms with Gasteiger partial charge in [-0.3, -0.25) is 0 Å². The molecule has 453 valence electrons. The fourth-order valence-electron chi connectivity index (χ4n) is 9.69. The third kappa shape index (κ3) is 19.6. The average molecular weight is 1300 g/mol. The smallest absolute Gasteiger partial charge is 0.746 e. The molecule has 1 radical (unpaired) electrons. The van der Waals surface area contributed by atoms with Gasteiger partial charge in [0.2, 0.25) is 27.9 Å². The van der Waals surface area contributed by atoms with Gasteiger partial charge in [-0.05, 0) is 116 Å². The molecule has 0 spiro atoms. The maximum absolute atomic E-state index is 11.3. The SMILES string of the molecule is C.C.C.C.CC.CS(=O)(=O)NCCNc1nc(NCc2ccccc2)nc(Nc2[c-]ccc(S(=O)(=O)[O-])c2)n1.O=S(=O)=O.[Cu+2].[Na+].[Na+].c1ccc2c(c1)-c1nc-2nc2[n-]c(nc3nc(nc4[n-]c(n1)c1c4CCCC1)C1=C3CCCC1)c1c2CCCC1. The zero-order valence-corrected chi connectivity index (χ0v) is 53.1. The number of fused-ring (bicyclic) bond motifs is 19. The van der Waals surface area contributed by atoms with E-state index in [9.17, 15) is 21.4 Å². The van der Waals surface area contributed by atoms with Crippen LogP contribution in [0.5, 0.6) is 0 Å². The normalized spacial score (nSPS) is 13.1. The molecule has 29 heteroatoms. The Bertz CT molecular complexity index is 3850. The van der Waals surface area contributed by atoms with Gasteiger partial charge in [0.25, 0.3) is 0 Å². The van der Waals surface area contributed by atoms with Crippen molar-refractivity contribution >= 4 is 88.0 Å². The van der Waals surface area contributed by atoms with E-state index in [4.69, 9.17) is 52.5 Å². The van der Waals surface area contributed by atoms with Crippen LogP contribution in [-0.2, 0) is 80.0 Å². The first-order valence-corrected chi connectivity index (χ1v) is 30.1. The standard InChI is InChI=1S/C32H28N8.C19H22N7O5S2.C2H6.4CH4.Cu.2Na.O3S/c1-2-10-18-17(9-1)25-33-26(18)38-28-21-13-5-6-14-22(21)30(35-28)40-32-24-16-8-7-15-23(24)31(36-32)39-29-20-12-4-3-11-19(20)27(34-29)37-25;1-32(27,28)22-11-10-20-17-24-18(21-13-14-6-3-2-4-7-14)26-19(25-17)23-15-8-5-9-16(12-15)33(29,30)31;1-2;;;;;;;;1-4(2)3/h1-2,9-10H,3-8,11-16H2;2-7,9,12,22H,10-11,13H2,1H3,(H,29,30,31)(H3,20,21,23,24,25,26);1-2H3;4*1H4;;;;/q-2;-1;;;;;;+2;2*+1;/p-1. The Morgan fingerprint density at radius 3 is 1.41 bits per heavy atom. The maximum atomic E-state index is 11.3. The predicted octanol–water partition coefficient (Wildman–Crippen LogP) is 3.19. The molecule has 6 heterocycles. The fourth-order valence-corrected chi connectivity index (χ4v) is 10.7. The Labute approximate surface area is 561 Å². The summed E-state index contributed by atoms with van der Waals surface area (Å²) in [5, 5.41) is 8.76. The molecule has 86 heavy (non-hydrogen) atoms. The molecular weight excluding hydrogens is 1230 g/mol. The number of sulfonamides is 1. The maximum Gasteiger partial charge on any atom is 2.00 e. The predicted molar refractivity (Wildman–Crippen MR) is 323 cm³/mol. The van der Waals surface area contributed by atoms with Gasteiger partial charge in [0.05, 0.1) is 29.6 Å². The van der Waals surface area contributed by atoms with Crippen LogP contribution in [0.1, 0.15) is 134 Å². The first-order chi connectivity index (χ1) is 38.1. The summed E-state index contributed by atoms with van der Waals surface area (Å²) in [7, 11) is -11.1. The number of rotatable bonds is 11. The average Bonchev–Trinajstić information content (AvgIpc) is 1.82. The van der Waals surface area contributed by atoms with E-state index in [1.54, 1.807) is 0 Å². The quantitative estimate of drug-likeness (QED) is 0.0625. The number of nitrogens with zero attached hydrogens (tertiary/aromatic N) is 11. The zero-order chi connectivity index (χ0) is 55.7. The van der Waals surface area contributed by atoms with E-state index in [1.807, 2.05) is 56.3 Å². The summed E-state index contributed by atoms with van der Waals surface area (Å²) in [5.74, 6) is 3.29. The van der Waals surface area contributed by atoms with Crippen molar-refractivity contribution in [3.05, 3.63) is 118 Å². The van der Waals surface area contributed by atoms with Crippen molar-refractivity contribution in [2.75, 3.05) is 35.3 Å². The van der Waals surface area contributed by atoms with Crippen LogP contribution in [0.25, 0.3) is 56.5 Å². The molecule has 12 rings (SSSR count). The van der Waals surface area contributed by atoms with Crippen molar-refractivity contribution in [2.24, 2.45) is 0 Å². The van der Waals surface area contributed by atoms with E-state index in [1.165, 1.54) is 39.5 Å². The number of benzene rings is 3. The third-order valence-electron chi connectivity index (χ3n) is 13.1. The molecule has 0 unspecified atom stereocenters. The summed E-state index contributed by atoms with van der Waals surface area (Å²) < 4.78 is 83.9. The van der Waals surface area contributed by atoms with Crippen molar-refractivity contribution in [1.82, 2.24) is 59.5 Å². The second-order valence-corrected chi connectivity index (χ2v) is 22.1. The largest absolute Gasteiger partial charge is 2.00 e. The minimum atomic E-state index is -4.64. The van der Waals surface area contributed by atoms with Crippen LogP contribution < -0.4 is 89.8 Å². The number of allylic oxidation sites excluding steroid dienone is 2. The van der Waals surface area contributed by atoms with Crippen LogP contribution >= 0.6 is 0 Å². The second kappa shape index (κ2) is 35.0. The van der Waals surface area contributed by atoms with Gasteiger partial charge in [0, 0.05) is 53.3 Å². The number of nitrogens with one attached hydrogen (secondary N) is 4. The Morgan fingerprint density at radius 1 is 0.547 bits per heavy atom. The van der Waals surface area contributed by atoms with Gasteiger partial charge in [-0.1, -0.05) is 109 Å². The van der Waals surface area contributed by atoms with Gasteiger partial charge in [0.1, 0.15) is 10.1 Å². The van der Waals surface area contributed by atoms with Crippen molar-refractivity contribution in [3.8, 4) is 22.8 Å². The molecule has 0 atom stereocenters. The van der Waals surface area contributed by atoms with Gasteiger partial charge in [-0.15, -0.1) is 18.7 Å². The van der Waals surface area contributed by atoms with E-state index in [2.05, 4.69) is 53.8 Å². The number of anilines is 4. The topological polar surface area (TPSA) is 335 Å². The Kier molecular flexibility index (Phi) is 31.2. The first kappa shape index (κ1) is 76.7. The Morgan fingerprint density at radius 2 is 0.953 bits per heavy atom. The number of aryl methyl sites for hydroxylation is 4. The van der Waals surface area contributed by atoms with Gasteiger partial charge < -0.3 is 50.4 Å². The molecule has 4 aromatic heterocycles. The van der Waals surface area contributed by atoms with Crippen molar-refractivity contribution in [3.63, 3.8) is 0 Å². The Balaban J connectivity index is 0.000000508. The minimum Gasteiger partial charge on any atom is -0.746 e. The van der Waals surface area contributed by atoms with E-state index in [0.29, 0.717) is 18.2 Å². The van der Waals surface area contributed by atoms with Gasteiger partial charge in [0.15, 0.2) is 0 Å².